The lowest BCUT2D eigenvalue weighted by molar-refractivity contribution is 0.410. The van der Waals surface area contributed by atoms with Crippen molar-refractivity contribution >= 4 is 0 Å². The van der Waals surface area contributed by atoms with Gasteiger partial charge in [-0.2, -0.15) is 10.4 Å². The molecule has 0 saturated carbocycles. The minimum atomic E-state index is 0.563. The van der Waals surface area contributed by atoms with E-state index in [-0.39, 0.29) is 0 Å². The maximum Gasteiger partial charge on any atom is 0.139 e. The van der Waals surface area contributed by atoms with Crippen molar-refractivity contribution < 1.29 is 4.74 Å². The maximum atomic E-state index is 9.27. The smallest absolute Gasteiger partial charge is 0.139 e. The zero-order valence-electron chi connectivity index (χ0n) is 13.6. The van der Waals surface area contributed by atoms with Gasteiger partial charge in [0.25, 0.3) is 0 Å². The van der Waals surface area contributed by atoms with Crippen LogP contribution in [0.1, 0.15) is 43.7 Å². The topological polar surface area (TPSA) is 50.8 Å². The summed E-state index contributed by atoms with van der Waals surface area (Å²) < 4.78 is 7.28. The Kier molecular flexibility index (Phi) is 5.60. The molecule has 0 spiro atoms. The molecular weight excluding hydrogens is 274 g/mol. The molecule has 2 rings (SSSR count). The average Bonchev–Trinajstić information content (AvgIpc) is 2.99. The largest absolute Gasteiger partial charge is 0.495 e. The van der Waals surface area contributed by atoms with Gasteiger partial charge >= 0.3 is 0 Å². The van der Waals surface area contributed by atoms with Crippen LogP contribution in [-0.2, 0) is 6.54 Å². The van der Waals surface area contributed by atoms with Crippen LogP contribution < -0.4 is 4.74 Å². The average molecular weight is 297 g/mol. The molecule has 0 amide bonds. The molecule has 0 aliphatic carbocycles. The van der Waals surface area contributed by atoms with Crippen molar-refractivity contribution in [3.8, 4) is 22.9 Å². The van der Waals surface area contributed by atoms with Crippen molar-refractivity contribution in [3.63, 3.8) is 0 Å². The molecule has 0 aliphatic rings. The second kappa shape index (κ2) is 7.65. The highest BCUT2D eigenvalue weighted by Gasteiger charge is 2.10. The number of ether oxygens (including phenoxy) is 1. The molecule has 1 heterocycles. The molecule has 0 radical (unpaired) electrons. The Morgan fingerprint density at radius 3 is 2.73 bits per heavy atom. The fraction of sp³-hybridized carbons (Fsp3) is 0.444. The molecule has 0 unspecified atom stereocenters. The molecule has 0 bridgehead atoms. The molecule has 2 aromatic rings. The van der Waals surface area contributed by atoms with E-state index in [9.17, 15) is 5.26 Å². The van der Waals surface area contributed by atoms with Gasteiger partial charge in [-0.1, -0.05) is 26.2 Å². The summed E-state index contributed by atoms with van der Waals surface area (Å²) in [7, 11) is 1.59. The minimum Gasteiger partial charge on any atom is -0.495 e. The van der Waals surface area contributed by atoms with Gasteiger partial charge in [-0.15, -0.1) is 0 Å². The SMILES string of the molecule is CCCCCCn1cc(-c2cc(C)c(OC)c(C#N)c2)cn1. The molecule has 0 saturated heterocycles. The number of unbranched alkanes of at least 4 members (excludes halogenated alkanes) is 3. The van der Waals surface area contributed by atoms with Crippen molar-refractivity contribution in [2.75, 3.05) is 7.11 Å². The Labute approximate surface area is 132 Å². The highest BCUT2D eigenvalue weighted by Crippen LogP contribution is 2.29. The molecular formula is C18H23N3O. The highest BCUT2D eigenvalue weighted by molar-refractivity contribution is 5.68. The lowest BCUT2D eigenvalue weighted by atomic mass is 10.0. The van der Waals surface area contributed by atoms with Crippen molar-refractivity contribution in [1.29, 1.82) is 5.26 Å². The molecule has 0 aliphatic heterocycles. The second-order valence-electron chi connectivity index (χ2n) is 5.54. The number of nitriles is 1. The van der Waals surface area contributed by atoms with Gasteiger partial charge in [-0.3, -0.25) is 4.68 Å². The molecule has 0 atom stereocenters. The second-order valence-corrected chi connectivity index (χ2v) is 5.54. The van der Waals surface area contributed by atoms with Crippen LogP contribution in [0.4, 0.5) is 0 Å². The van der Waals surface area contributed by atoms with E-state index in [1.54, 1.807) is 7.11 Å². The fourth-order valence-electron chi connectivity index (χ4n) is 2.63. The number of methoxy groups -OCH3 is 1. The van der Waals surface area contributed by atoms with E-state index >= 15 is 0 Å². The van der Waals surface area contributed by atoms with Gasteiger partial charge in [0.1, 0.15) is 11.8 Å². The summed E-state index contributed by atoms with van der Waals surface area (Å²) in [6.07, 6.45) is 8.83. The van der Waals surface area contributed by atoms with Crippen molar-refractivity contribution in [2.24, 2.45) is 0 Å². The Hall–Kier alpha value is -2.28. The van der Waals surface area contributed by atoms with E-state index in [1.165, 1.54) is 19.3 Å². The van der Waals surface area contributed by atoms with Gasteiger partial charge in [0.05, 0.1) is 18.9 Å². The summed E-state index contributed by atoms with van der Waals surface area (Å²) in [5.74, 6) is 0.651. The number of aryl methyl sites for hydroxylation is 2. The van der Waals surface area contributed by atoms with Gasteiger partial charge in [-0.25, -0.2) is 0 Å². The molecule has 0 fully saturated rings. The lowest BCUT2D eigenvalue weighted by Gasteiger charge is -2.08. The van der Waals surface area contributed by atoms with E-state index in [2.05, 4.69) is 18.1 Å². The van der Waals surface area contributed by atoms with Crippen LogP contribution >= 0.6 is 0 Å². The first-order valence-corrected chi connectivity index (χ1v) is 7.81. The van der Waals surface area contributed by atoms with E-state index in [0.717, 1.165) is 29.7 Å². The molecule has 1 aromatic heterocycles. The number of hydrogen-bond acceptors (Lipinski definition) is 3. The van der Waals surface area contributed by atoms with Gasteiger partial charge in [0.15, 0.2) is 0 Å². The number of nitrogens with zero attached hydrogens (tertiary/aromatic N) is 3. The first-order valence-electron chi connectivity index (χ1n) is 7.81. The first kappa shape index (κ1) is 16.1. The maximum absolute atomic E-state index is 9.27. The quantitative estimate of drug-likeness (QED) is 0.715. The summed E-state index contributed by atoms with van der Waals surface area (Å²) in [6.45, 7) is 5.11. The Morgan fingerprint density at radius 1 is 1.23 bits per heavy atom. The van der Waals surface area contributed by atoms with Crippen LogP contribution in [0.3, 0.4) is 0 Å². The van der Waals surface area contributed by atoms with Crippen LogP contribution in [0.2, 0.25) is 0 Å². The first-order chi connectivity index (χ1) is 10.7. The zero-order chi connectivity index (χ0) is 15.9. The molecule has 1 aromatic carbocycles. The monoisotopic (exact) mass is 297 g/mol. The van der Waals surface area contributed by atoms with Crippen LogP contribution in [-0.4, -0.2) is 16.9 Å². The van der Waals surface area contributed by atoms with Crippen LogP contribution in [0.15, 0.2) is 24.5 Å². The van der Waals surface area contributed by atoms with E-state index in [4.69, 9.17) is 4.74 Å². The minimum absolute atomic E-state index is 0.563. The van der Waals surface area contributed by atoms with Gasteiger partial charge in [-0.05, 0) is 36.6 Å². The highest BCUT2D eigenvalue weighted by atomic mass is 16.5. The zero-order valence-corrected chi connectivity index (χ0v) is 13.6. The van der Waals surface area contributed by atoms with Crippen LogP contribution in [0.25, 0.3) is 11.1 Å². The van der Waals surface area contributed by atoms with Gasteiger partial charge in [0.2, 0.25) is 0 Å². The van der Waals surface area contributed by atoms with Crippen molar-refractivity contribution in [2.45, 2.75) is 46.1 Å². The molecule has 0 N–H and O–H groups in total. The summed E-state index contributed by atoms with van der Waals surface area (Å²) in [5.41, 5.74) is 3.58. The summed E-state index contributed by atoms with van der Waals surface area (Å²) in [4.78, 5) is 0. The Balaban J connectivity index is 2.17. The molecule has 22 heavy (non-hydrogen) atoms. The fourth-order valence-corrected chi connectivity index (χ4v) is 2.63. The lowest BCUT2D eigenvalue weighted by Crippen LogP contribution is -1.97. The summed E-state index contributed by atoms with van der Waals surface area (Å²) in [5, 5.41) is 13.7. The predicted octanol–water partition coefficient (Wildman–Crippen LogP) is 4.32. The van der Waals surface area contributed by atoms with Crippen molar-refractivity contribution in [1.82, 2.24) is 9.78 Å². The molecule has 4 heteroatoms. The van der Waals surface area contributed by atoms with Gasteiger partial charge < -0.3 is 4.74 Å². The van der Waals surface area contributed by atoms with Crippen LogP contribution in [0.5, 0.6) is 5.75 Å². The standard InChI is InChI=1S/C18H23N3O/c1-4-5-6-7-8-21-13-17(12-20-21)15-9-14(2)18(22-3)16(10-15)11-19/h9-10,12-13H,4-8H2,1-3H3. The third kappa shape index (κ3) is 3.67. The number of hydrogen-bond donors (Lipinski definition) is 0. The number of rotatable bonds is 7. The number of aromatic nitrogens is 2. The van der Waals surface area contributed by atoms with Crippen molar-refractivity contribution in [3.05, 3.63) is 35.7 Å². The summed E-state index contributed by atoms with van der Waals surface area (Å²) >= 11 is 0. The normalized spacial score (nSPS) is 10.5. The van der Waals surface area contributed by atoms with Gasteiger partial charge in [0, 0.05) is 18.3 Å². The third-order valence-corrected chi connectivity index (χ3v) is 3.81. The Morgan fingerprint density at radius 2 is 2.05 bits per heavy atom. The predicted molar refractivity (Wildman–Crippen MR) is 87.8 cm³/mol. The van der Waals surface area contributed by atoms with E-state index in [0.29, 0.717) is 11.3 Å². The molecule has 4 nitrogen and oxygen atoms in total. The third-order valence-electron chi connectivity index (χ3n) is 3.81. The van der Waals surface area contributed by atoms with E-state index < -0.39 is 0 Å². The Bertz CT molecular complexity index is 667. The van der Waals surface area contributed by atoms with E-state index in [1.807, 2.05) is 36.1 Å². The van der Waals surface area contributed by atoms with Crippen LogP contribution in [0, 0.1) is 18.3 Å². The molecule has 116 valence electrons. The number of benzene rings is 1. The summed E-state index contributed by atoms with van der Waals surface area (Å²) in [6, 6.07) is 6.11.